The van der Waals surface area contributed by atoms with Gasteiger partial charge in [-0.25, -0.2) is 13.9 Å². The zero-order valence-corrected chi connectivity index (χ0v) is 19.4. The summed E-state index contributed by atoms with van der Waals surface area (Å²) in [4.78, 5) is 11.8. The Morgan fingerprint density at radius 1 is 1.18 bits per heavy atom. The van der Waals surface area contributed by atoms with Crippen molar-refractivity contribution >= 4 is 17.0 Å². The van der Waals surface area contributed by atoms with Gasteiger partial charge in [-0.15, -0.1) is 0 Å². The van der Waals surface area contributed by atoms with E-state index in [0.717, 1.165) is 18.5 Å². The number of fused-ring (bicyclic) bond motifs is 1. The molecule has 0 unspecified atom stereocenters. The van der Waals surface area contributed by atoms with Gasteiger partial charge in [0, 0.05) is 11.6 Å². The number of alkyl carbamates (subject to hydrolysis) is 1. The van der Waals surface area contributed by atoms with Gasteiger partial charge >= 0.3 is 6.09 Å². The van der Waals surface area contributed by atoms with Crippen molar-refractivity contribution in [3.8, 4) is 17.2 Å². The quantitative estimate of drug-likeness (QED) is 0.502. The van der Waals surface area contributed by atoms with E-state index in [1.165, 1.54) is 0 Å². The maximum Gasteiger partial charge on any atom is 0.407 e. The van der Waals surface area contributed by atoms with E-state index in [-0.39, 0.29) is 17.3 Å². The minimum Gasteiger partial charge on any atom is -0.491 e. The van der Waals surface area contributed by atoms with Crippen molar-refractivity contribution in [2.45, 2.75) is 52.2 Å². The highest BCUT2D eigenvalue weighted by molar-refractivity contribution is 5.81. The highest BCUT2D eigenvalue weighted by atomic mass is 19.1. The fourth-order valence-corrected chi connectivity index (χ4v) is 3.24. The molecule has 1 atom stereocenters. The fourth-order valence-electron chi connectivity index (χ4n) is 3.24. The monoisotopic (exact) mass is 455 g/mol. The van der Waals surface area contributed by atoms with Gasteiger partial charge in [0.15, 0.2) is 11.6 Å². The van der Waals surface area contributed by atoms with Crippen LogP contribution < -0.4 is 14.8 Å². The molecule has 176 valence electrons. The molecule has 7 nitrogen and oxygen atoms in total. The lowest BCUT2D eigenvalue weighted by Crippen LogP contribution is -2.40. The number of hydrogen-bond donors (Lipinski definition) is 1. The van der Waals surface area contributed by atoms with Crippen LogP contribution in [0.3, 0.4) is 0 Å². The zero-order chi connectivity index (χ0) is 23.6. The van der Waals surface area contributed by atoms with E-state index >= 15 is 0 Å². The minimum atomic E-state index is -0.550. The Morgan fingerprint density at radius 3 is 2.58 bits per heavy atom. The molecule has 1 aliphatic rings. The molecule has 0 bridgehead atoms. The average molecular weight is 456 g/mol. The van der Waals surface area contributed by atoms with Crippen molar-refractivity contribution in [2.75, 3.05) is 13.2 Å². The zero-order valence-electron chi connectivity index (χ0n) is 19.4. The van der Waals surface area contributed by atoms with Crippen molar-refractivity contribution in [2.24, 2.45) is 5.92 Å². The lowest BCUT2D eigenvalue weighted by Gasteiger charge is -2.22. The number of amides is 1. The Balaban J connectivity index is 1.36. The Kier molecular flexibility index (Phi) is 6.44. The first kappa shape index (κ1) is 22.9. The van der Waals surface area contributed by atoms with Gasteiger partial charge < -0.3 is 19.5 Å². The van der Waals surface area contributed by atoms with Gasteiger partial charge in [0.25, 0.3) is 0 Å². The van der Waals surface area contributed by atoms with Gasteiger partial charge in [0.1, 0.15) is 23.5 Å². The van der Waals surface area contributed by atoms with E-state index in [1.807, 2.05) is 58.0 Å². The summed E-state index contributed by atoms with van der Waals surface area (Å²) in [5, 5.41) is 7.85. The molecule has 1 heterocycles. The molecule has 8 heteroatoms. The Morgan fingerprint density at radius 2 is 1.91 bits per heavy atom. The van der Waals surface area contributed by atoms with Crippen LogP contribution in [0.15, 0.2) is 42.6 Å². The van der Waals surface area contributed by atoms with Gasteiger partial charge in [0.05, 0.1) is 18.3 Å². The first-order valence-electron chi connectivity index (χ1n) is 11.2. The number of nitrogens with zero attached hydrogens (tertiary/aromatic N) is 2. The highest BCUT2D eigenvalue weighted by Crippen LogP contribution is 2.32. The van der Waals surface area contributed by atoms with E-state index in [1.54, 1.807) is 16.9 Å². The summed E-state index contributed by atoms with van der Waals surface area (Å²) in [5.41, 5.74) is 0.510. The molecule has 1 fully saturated rings. The standard InChI is InChI=1S/C25H30FN3O4/c1-16(27-24(30)33-25(2,3)4)14-31-20-10-8-19(9-11-20)29-13-18-7-12-21(22(26)23(18)28-29)32-15-17-5-6-17/h7-13,16-17H,5-6,14-15H2,1-4H3,(H,27,30)/t16-/m0/s1. The number of rotatable bonds is 8. The van der Waals surface area contributed by atoms with Crippen LogP contribution >= 0.6 is 0 Å². The first-order valence-corrected chi connectivity index (χ1v) is 11.2. The molecule has 0 radical (unpaired) electrons. The second-order valence-corrected chi connectivity index (χ2v) is 9.50. The molecule has 33 heavy (non-hydrogen) atoms. The number of ether oxygens (including phenoxy) is 3. The molecule has 4 rings (SSSR count). The van der Waals surface area contributed by atoms with Gasteiger partial charge in [-0.1, -0.05) is 0 Å². The van der Waals surface area contributed by atoms with E-state index < -0.39 is 17.5 Å². The number of aromatic nitrogens is 2. The molecular weight excluding hydrogens is 425 g/mol. The van der Waals surface area contributed by atoms with E-state index in [4.69, 9.17) is 14.2 Å². The minimum absolute atomic E-state index is 0.227. The molecular formula is C25H30FN3O4. The normalized spacial score (nSPS) is 14.7. The topological polar surface area (TPSA) is 74.6 Å². The molecule has 0 aliphatic heterocycles. The molecule has 0 spiro atoms. The van der Waals surface area contributed by atoms with Crippen molar-refractivity contribution in [3.63, 3.8) is 0 Å². The molecule has 1 saturated carbocycles. The van der Waals surface area contributed by atoms with Crippen molar-refractivity contribution in [1.29, 1.82) is 0 Å². The molecule has 1 amide bonds. The predicted molar refractivity (Wildman–Crippen MR) is 124 cm³/mol. The molecule has 1 aliphatic carbocycles. The SMILES string of the molecule is C[C@@H](COc1ccc(-n2cc3ccc(OCC4CC4)c(F)c3n2)cc1)NC(=O)OC(C)(C)C. The fraction of sp³-hybridized carbons (Fsp3) is 0.440. The maximum atomic E-state index is 14.8. The van der Waals surface area contributed by atoms with E-state index in [0.29, 0.717) is 30.3 Å². The summed E-state index contributed by atoms with van der Waals surface area (Å²) in [6.07, 6.45) is 3.61. The second kappa shape index (κ2) is 9.29. The van der Waals surface area contributed by atoms with E-state index in [2.05, 4.69) is 10.4 Å². The number of hydrogen-bond acceptors (Lipinski definition) is 5. The third-order valence-corrected chi connectivity index (χ3v) is 5.12. The number of carbonyl (C=O) groups excluding carboxylic acids is 1. The van der Waals surface area contributed by atoms with Crippen LogP contribution in [-0.2, 0) is 4.74 Å². The average Bonchev–Trinajstić information content (AvgIpc) is 3.47. The lowest BCUT2D eigenvalue weighted by atomic mass is 10.2. The van der Waals surface area contributed by atoms with Crippen molar-refractivity contribution in [1.82, 2.24) is 15.1 Å². The van der Waals surface area contributed by atoms with Crippen LogP contribution in [0.1, 0.15) is 40.5 Å². The lowest BCUT2D eigenvalue weighted by molar-refractivity contribution is 0.0494. The number of nitrogens with one attached hydrogen (secondary N) is 1. The summed E-state index contributed by atoms with van der Waals surface area (Å²) in [7, 11) is 0. The molecule has 3 aromatic rings. The largest absolute Gasteiger partial charge is 0.491 e. The molecule has 1 aromatic heterocycles. The Bertz CT molecular complexity index is 1120. The maximum absolute atomic E-state index is 14.8. The number of benzene rings is 2. The van der Waals surface area contributed by atoms with Crippen LogP contribution in [0.25, 0.3) is 16.6 Å². The number of halogens is 1. The van der Waals surface area contributed by atoms with Crippen LogP contribution in [-0.4, -0.2) is 40.7 Å². The first-order chi connectivity index (χ1) is 15.7. The van der Waals surface area contributed by atoms with Crippen molar-refractivity contribution in [3.05, 3.63) is 48.4 Å². The summed E-state index contributed by atoms with van der Waals surface area (Å²) < 4.78 is 33.1. The van der Waals surface area contributed by atoms with Crippen LogP contribution in [0.5, 0.6) is 11.5 Å². The summed E-state index contributed by atoms with van der Waals surface area (Å²) >= 11 is 0. The number of carbonyl (C=O) groups is 1. The summed E-state index contributed by atoms with van der Waals surface area (Å²) in [6, 6.07) is 10.6. The molecule has 1 N–H and O–H groups in total. The van der Waals surface area contributed by atoms with Crippen LogP contribution in [0, 0.1) is 11.7 Å². The van der Waals surface area contributed by atoms with Gasteiger partial charge in [-0.3, -0.25) is 0 Å². The summed E-state index contributed by atoms with van der Waals surface area (Å²) in [6.45, 7) is 8.12. The van der Waals surface area contributed by atoms with Crippen LogP contribution in [0.2, 0.25) is 0 Å². The third-order valence-electron chi connectivity index (χ3n) is 5.12. The van der Waals surface area contributed by atoms with Gasteiger partial charge in [-0.2, -0.15) is 5.10 Å². The Hall–Kier alpha value is -3.29. The summed E-state index contributed by atoms with van der Waals surface area (Å²) in [5.74, 6) is 1.01. The molecule has 0 saturated heterocycles. The highest BCUT2D eigenvalue weighted by Gasteiger charge is 2.23. The predicted octanol–water partition coefficient (Wildman–Crippen LogP) is 5.25. The second-order valence-electron chi connectivity index (χ2n) is 9.50. The van der Waals surface area contributed by atoms with E-state index in [9.17, 15) is 9.18 Å². The smallest absolute Gasteiger partial charge is 0.407 e. The molecule has 2 aromatic carbocycles. The van der Waals surface area contributed by atoms with Gasteiger partial charge in [0.2, 0.25) is 0 Å². The van der Waals surface area contributed by atoms with Crippen molar-refractivity contribution < 1.29 is 23.4 Å². The Labute approximate surface area is 192 Å². The van der Waals surface area contributed by atoms with Crippen LogP contribution in [0.4, 0.5) is 9.18 Å². The third kappa shape index (κ3) is 6.15. The van der Waals surface area contributed by atoms with Gasteiger partial charge in [-0.05, 0) is 82.9 Å².